The summed E-state index contributed by atoms with van der Waals surface area (Å²) in [5, 5.41) is 9.05. The highest BCUT2D eigenvalue weighted by Gasteiger charge is 2.13. The Morgan fingerprint density at radius 1 is 1.27 bits per heavy atom. The van der Waals surface area contributed by atoms with Gasteiger partial charge in [-0.2, -0.15) is 0 Å². The van der Waals surface area contributed by atoms with Crippen LogP contribution in [0.5, 0.6) is 0 Å². The Balaban J connectivity index is 0. The average molecular weight is 203 g/mol. The summed E-state index contributed by atoms with van der Waals surface area (Å²) >= 11 is 10.0. The Bertz CT molecular complexity index is 83.0. The lowest BCUT2D eigenvalue weighted by molar-refractivity contribution is -0.873. The summed E-state index contributed by atoms with van der Waals surface area (Å²) in [6.45, 7) is 0.712. The molecule has 1 atom stereocenters. The largest absolute Gasteiger partial charge is 0.386 e. The number of hydrogen-bond donors (Lipinski definition) is 1. The van der Waals surface area contributed by atoms with E-state index >= 15 is 0 Å². The highest BCUT2D eigenvalue weighted by Crippen LogP contribution is 1.95. The fourth-order valence-corrected chi connectivity index (χ4v) is 0.779. The Hall–Kier alpha value is 0.500. The number of quaternary nitrogens is 1. The van der Waals surface area contributed by atoms with E-state index in [-0.39, 0.29) is 6.10 Å². The van der Waals surface area contributed by atoms with E-state index in [0.717, 1.165) is 4.48 Å². The van der Waals surface area contributed by atoms with Crippen LogP contribution in [0.15, 0.2) is 0 Å². The number of rotatable bonds is 3. The van der Waals surface area contributed by atoms with Crippen molar-refractivity contribution in [2.45, 2.75) is 6.10 Å². The third kappa shape index (κ3) is 13.5. The van der Waals surface area contributed by atoms with Gasteiger partial charge >= 0.3 is 0 Å². The Kier molecular flexibility index (Phi) is 9.15. The highest BCUT2D eigenvalue weighted by atomic mass is 35.5. The first-order valence-corrected chi connectivity index (χ1v) is 4.67. The SMILES string of the molecule is CCl.C[N+](C)(C)CC(O)CCl. The van der Waals surface area contributed by atoms with Crippen molar-refractivity contribution in [2.24, 2.45) is 0 Å². The molecule has 0 heterocycles. The van der Waals surface area contributed by atoms with E-state index < -0.39 is 0 Å². The monoisotopic (exact) mass is 202 g/mol. The van der Waals surface area contributed by atoms with E-state index in [4.69, 9.17) is 16.7 Å². The van der Waals surface area contributed by atoms with Gasteiger partial charge in [-0.15, -0.1) is 23.2 Å². The minimum atomic E-state index is -0.369. The molecule has 0 fully saturated rings. The molecular weight excluding hydrogens is 185 g/mol. The van der Waals surface area contributed by atoms with Crippen LogP contribution in [0, 0.1) is 0 Å². The quantitative estimate of drug-likeness (QED) is 0.538. The van der Waals surface area contributed by atoms with Crippen LogP contribution >= 0.6 is 23.2 Å². The molecule has 0 bridgehead atoms. The minimum Gasteiger partial charge on any atom is -0.386 e. The van der Waals surface area contributed by atoms with Gasteiger partial charge in [0, 0.05) is 6.38 Å². The fraction of sp³-hybridized carbons (Fsp3) is 1.00. The summed E-state index contributed by atoms with van der Waals surface area (Å²) < 4.78 is 0.758. The molecule has 0 aliphatic rings. The molecule has 0 saturated carbocycles. The summed E-state index contributed by atoms with van der Waals surface area (Å²) in [6.07, 6.45) is 1.10. The first kappa shape index (κ1) is 14.0. The van der Waals surface area contributed by atoms with Gasteiger partial charge < -0.3 is 9.59 Å². The van der Waals surface area contributed by atoms with E-state index in [1.54, 1.807) is 0 Å². The van der Waals surface area contributed by atoms with Gasteiger partial charge in [-0.05, 0) is 0 Å². The third-order valence-electron chi connectivity index (χ3n) is 0.937. The van der Waals surface area contributed by atoms with Crippen LogP contribution in [0.2, 0.25) is 0 Å². The summed E-state index contributed by atoms with van der Waals surface area (Å²) in [7, 11) is 6.07. The lowest BCUT2D eigenvalue weighted by Gasteiger charge is -2.25. The van der Waals surface area contributed by atoms with Crippen LogP contribution in [0.25, 0.3) is 0 Å². The first-order valence-electron chi connectivity index (χ1n) is 3.38. The van der Waals surface area contributed by atoms with Crippen LogP contribution in [0.4, 0.5) is 0 Å². The van der Waals surface area contributed by atoms with Crippen LogP contribution in [-0.4, -0.2) is 55.6 Å². The smallest absolute Gasteiger partial charge is 0.116 e. The molecule has 0 aliphatic carbocycles. The van der Waals surface area contributed by atoms with E-state index in [1.165, 1.54) is 6.38 Å². The predicted octanol–water partition coefficient (Wildman–Crippen LogP) is 1.15. The Labute approximate surface area is 79.3 Å². The Morgan fingerprint density at radius 2 is 1.64 bits per heavy atom. The molecule has 2 nitrogen and oxygen atoms in total. The molecule has 1 N–H and O–H groups in total. The normalized spacial score (nSPS) is 13.4. The summed E-state index contributed by atoms with van der Waals surface area (Å²) in [5.41, 5.74) is 0. The van der Waals surface area contributed by atoms with Gasteiger partial charge in [-0.1, -0.05) is 0 Å². The molecule has 0 spiro atoms. The van der Waals surface area contributed by atoms with Crippen LogP contribution < -0.4 is 0 Å². The summed E-state index contributed by atoms with van der Waals surface area (Å²) in [4.78, 5) is 0. The summed E-state index contributed by atoms with van der Waals surface area (Å²) in [6, 6.07) is 0. The molecule has 11 heavy (non-hydrogen) atoms. The lowest BCUT2D eigenvalue weighted by atomic mass is 10.3. The predicted molar refractivity (Wildman–Crippen MR) is 51.4 cm³/mol. The topological polar surface area (TPSA) is 20.2 Å². The van der Waals surface area contributed by atoms with Crippen molar-refractivity contribution in [1.29, 1.82) is 0 Å². The Morgan fingerprint density at radius 3 is 1.73 bits per heavy atom. The number of nitrogens with zero attached hydrogens (tertiary/aromatic N) is 1. The van der Waals surface area contributed by atoms with Crippen molar-refractivity contribution in [3.63, 3.8) is 0 Å². The van der Waals surface area contributed by atoms with Gasteiger partial charge in [0.05, 0.1) is 27.0 Å². The van der Waals surface area contributed by atoms with Crippen molar-refractivity contribution in [3.05, 3.63) is 0 Å². The molecular formula is C7H18Cl2NO+. The van der Waals surface area contributed by atoms with Crippen LogP contribution in [0.1, 0.15) is 0 Å². The highest BCUT2D eigenvalue weighted by molar-refractivity contribution is 6.18. The molecule has 0 radical (unpaired) electrons. The zero-order valence-electron chi connectivity index (χ0n) is 7.64. The van der Waals surface area contributed by atoms with Crippen molar-refractivity contribution < 1.29 is 9.59 Å². The molecule has 0 rings (SSSR count). The van der Waals surface area contributed by atoms with Crippen LogP contribution in [-0.2, 0) is 0 Å². The molecule has 0 aromatic rings. The van der Waals surface area contributed by atoms with Crippen molar-refractivity contribution in [1.82, 2.24) is 0 Å². The number of hydrogen-bond acceptors (Lipinski definition) is 1. The maximum absolute atomic E-state index is 9.05. The van der Waals surface area contributed by atoms with Gasteiger partial charge in [0.2, 0.25) is 0 Å². The lowest BCUT2D eigenvalue weighted by Crippen LogP contribution is -2.41. The average Bonchev–Trinajstić information content (AvgIpc) is 1.89. The number of halogens is 2. The van der Waals surface area contributed by atoms with Crippen LogP contribution in [0.3, 0.4) is 0 Å². The van der Waals surface area contributed by atoms with E-state index in [2.05, 4.69) is 11.6 Å². The summed E-state index contributed by atoms with van der Waals surface area (Å²) in [5.74, 6) is 0.329. The maximum Gasteiger partial charge on any atom is 0.116 e. The molecule has 0 amide bonds. The molecule has 0 aromatic heterocycles. The number of aliphatic hydroxyl groups is 1. The molecule has 0 aliphatic heterocycles. The first-order chi connectivity index (χ1) is 4.95. The van der Waals surface area contributed by atoms with Crippen molar-refractivity contribution in [3.8, 4) is 0 Å². The number of alkyl halides is 2. The van der Waals surface area contributed by atoms with E-state index in [1.807, 2.05) is 21.1 Å². The molecule has 0 aromatic carbocycles. The third-order valence-corrected chi connectivity index (χ3v) is 1.29. The van der Waals surface area contributed by atoms with E-state index in [0.29, 0.717) is 12.4 Å². The second-order valence-electron chi connectivity index (χ2n) is 3.28. The van der Waals surface area contributed by atoms with Gasteiger partial charge in [0.15, 0.2) is 0 Å². The second-order valence-corrected chi connectivity index (χ2v) is 3.59. The molecule has 70 valence electrons. The zero-order chi connectivity index (χ0) is 9.49. The fourth-order valence-electron chi connectivity index (χ4n) is 0.681. The minimum absolute atomic E-state index is 0.329. The van der Waals surface area contributed by atoms with Gasteiger partial charge in [-0.3, -0.25) is 0 Å². The van der Waals surface area contributed by atoms with E-state index in [9.17, 15) is 0 Å². The molecule has 4 heteroatoms. The van der Waals surface area contributed by atoms with Crippen molar-refractivity contribution in [2.75, 3.05) is 40.0 Å². The molecule has 1 unspecified atom stereocenters. The van der Waals surface area contributed by atoms with Gasteiger partial charge in [0.1, 0.15) is 12.6 Å². The maximum atomic E-state index is 9.05. The number of likely N-dealkylation sites (N-methyl/N-ethyl adjacent to an activating group) is 1. The number of aliphatic hydroxyl groups excluding tert-OH is 1. The molecule has 0 saturated heterocycles. The second kappa shape index (κ2) is 7.17. The van der Waals surface area contributed by atoms with Gasteiger partial charge in [0.25, 0.3) is 0 Å². The van der Waals surface area contributed by atoms with Gasteiger partial charge in [-0.25, -0.2) is 0 Å². The van der Waals surface area contributed by atoms with Crippen molar-refractivity contribution >= 4 is 23.2 Å². The standard InChI is InChI=1S/C6H15ClNO.CH3Cl/c1-8(2,3)5-6(9)4-7;1-2/h6,9H,4-5H2,1-3H3;1H3/q+1;. The zero-order valence-corrected chi connectivity index (χ0v) is 9.15.